The molecule has 1 aliphatic rings. The molecule has 0 aliphatic carbocycles. The minimum atomic E-state index is 0.0271. The van der Waals surface area contributed by atoms with E-state index in [0.717, 1.165) is 23.1 Å². The van der Waals surface area contributed by atoms with Crippen LogP contribution in [0.3, 0.4) is 0 Å². The Morgan fingerprint density at radius 1 is 0.600 bits per heavy atom. The standard InChI is InChI=1S/C26H26N2O2/c1-20-8-10-23(11-9-20)25(29)27-16-5-17-28(19-18-27)26(30)24-14-12-22(13-15-24)21-6-3-2-4-7-21/h2-4,6-15H,5,16-19H2,1H3. The summed E-state index contributed by atoms with van der Waals surface area (Å²) in [5.74, 6) is 0.0655. The van der Waals surface area contributed by atoms with E-state index in [1.54, 1.807) is 0 Å². The van der Waals surface area contributed by atoms with Gasteiger partial charge in [-0.05, 0) is 48.7 Å². The fourth-order valence-electron chi connectivity index (χ4n) is 3.82. The van der Waals surface area contributed by atoms with E-state index in [1.165, 1.54) is 0 Å². The largest absolute Gasteiger partial charge is 0.337 e. The second kappa shape index (κ2) is 8.95. The van der Waals surface area contributed by atoms with Crippen LogP contribution in [0.4, 0.5) is 0 Å². The van der Waals surface area contributed by atoms with E-state index >= 15 is 0 Å². The molecular weight excluding hydrogens is 372 g/mol. The van der Waals surface area contributed by atoms with Gasteiger partial charge < -0.3 is 9.80 Å². The first-order chi connectivity index (χ1) is 14.6. The minimum absolute atomic E-state index is 0.0271. The molecule has 152 valence electrons. The third-order valence-electron chi connectivity index (χ3n) is 5.61. The molecule has 1 aliphatic heterocycles. The highest BCUT2D eigenvalue weighted by molar-refractivity contribution is 5.95. The number of benzene rings is 3. The van der Waals surface area contributed by atoms with Crippen molar-refractivity contribution in [3.8, 4) is 11.1 Å². The van der Waals surface area contributed by atoms with Crippen molar-refractivity contribution >= 4 is 11.8 Å². The lowest BCUT2D eigenvalue weighted by atomic mass is 10.0. The smallest absolute Gasteiger partial charge is 0.253 e. The van der Waals surface area contributed by atoms with E-state index < -0.39 is 0 Å². The van der Waals surface area contributed by atoms with Gasteiger partial charge in [0.15, 0.2) is 0 Å². The summed E-state index contributed by atoms with van der Waals surface area (Å²) in [5, 5.41) is 0. The summed E-state index contributed by atoms with van der Waals surface area (Å²) in [6.45, 7) is 4.45. The highest BCUT2D eigenvalue weighted by atomic mass is 16.2. The summed E-state index contributed by atoms with van der Waals surface area (Å²) in [6, 6.07) is 25.6. The maximum absolute atomic E-state index is 13.0. The lowest BCUT2D eigenvalue weighted by molar-refractivity contribution is 0.0719. The van der Waals surface area contributed by atoms with Crippen molar-refractivity contribution in [3.63, 3.8) is 0 Å². The third kappa shape index (κ3) is 4.43. The van der Waals surface area contributed by atoms with Crippen LogP contribution in [0.15, 0.2) is 78.9 Å². The normalized spacial score (nSPS) is 14.3. The van der Waals surface area contributed by atoms with Crippen LogP contribution in [0.25, 0.3) is 11.1 Å². The van der Waals surface area contributed by atoms with Crippen LogP contribution in [0, 0.1) is 6.92 Å². The summed E-state index contributed by atoms with van der Waals surface area (Å²) >= 11 is 0. The van der Waals surface area contributed by atoms with Crippen molar-refractivity contribution in [2.75, 3.05) is 26.2 Å². The zero-order valence-electron chi connectivity index (χ0n) is 17.3. The molecule has 1 fully saturated rings. The Kier molecular flexibility index (Phi) is 5.94. The van der Waals surface area contributed by atoms with Crippen LogP contribution >= 0.6 is 0 Å². The Balaban J connectivity index is 1.41. The van der Waals surface area contributed by atoms with Crippen molar-refractivity contribution in [1.29, 1.82) is 0 Å². The molecule has 0 atom stereocenters. The van der Waals surface area contributed by atoms with Crippen molar-refractivity contribution in [3.05, 3.63) is 95.6 Å². The van der Waals surface area contributed by atoms with Gasteiger partial charge in [0.1, 0.15) is 0 Å². The van der Waals surface area contributed by atoms with Crippen LogP contribution in [-0.2, 0) is 0 Å². The van der Waals surface area contributed by atoms with Gasteiger partial charge >= 0.3 is 0 Å². The minimum Gasteiger partial charge on any atom is -0.337 e. The average molecular weight is 399 g/mol. The summed E-state index contributed by atoms with van der Waals surface area (Å²) in [6.07, 6.45) is 0.783. The number of hydrogen-bond donors (Lipinski definition) is 0. The molecule has 0 bridgehead atoms. The topological polar surface area (TPSA) is 40.6 Å². The monoisotopic (exact) mass is 398 g/mol. The number of nitrogens with zero attached hydrogens (tertiary/aromatic N) is 2. The van der Waals surface area contributed by atoms with Crippen LogP contribution < -0.4 is 0 Å². The van der Waals surface area contributed by atoms with Crippen LogP contribution in [0.1, 0.15) is 32.7 Å². The van der Waals surface area contributed by atoms with Crippen molar-refractivity contribution in [2.45, 2.75) is 13.3 Å². The van der Waals surface area contributed by atoms with Gasteiger partial charge in [-0.3, -0.25) is 9.59 Å². The van der Waals surface area contributed by atoms with Gasteiger partial charge in [-0.25, -0.2) is 0 Å². The molecule has 0 saturated carbocycles. The number of amides is 2. The average Bonchev–Trinajstić information content (AvgIpc) is 3.06. The first kappa shape index (κ1) is 19.9. The fourth-order valence-corrected chi connectivity index (χ4v) is 3.82. The van der Waals surface area contributed by atoms with E-state index in [4.69, 9.17) is 0 Å². The summed E-state index contributed by atoms with van der Waals surface area (Å²) in [7, 11) is 0. The molecule has 3 aromatic rings. The SMILES string of the molecule is Cc1ccc(C(=O)N2CCCN(C(=O)c3ccc(-c4ccccc4)cc3)CC2)cc1. The number of hydrogen-bond acceptors (Lipinski definition) is 2. The summed E-state index contributed by atoms with van der Waals surface area (Å²) in [5.41, 5.74) is 4.76. The van der Waals surface area contributed by atoms with Crippen LogP contribution in [-0.4, -0.2) is 47.8 Å². The fraction of sp³-hybridized carbons (Fsp3) is 0.231. The Morgan fingerprint density at radius 2 is 1.07 bits per heavy atom. The van der Waals surface area contributed by atoms with Crippen molar-refractivity contribution < 1.29 is 9.59 Å². The molecule has 4 heteroatoms. The van der Waals surface area contributed by atoms with Gasteiger partial charge in [0.2, 0.25) is 0 Å². The van der Waals surface area contributed by atoms with E-state index in [1.807, 2.05) is 83.5 Å². The number of carbonyl (C=O) groups excluding carboxylic acids is 2. The molecule has 30 heavy (non-hydrogen) atoms. The lowest BCUT2D eigenvalue weighted by Gasteiger charge is -2.22. The Bertz CT molecular complexity index is 1010. The lowest BCUT2D eigenvalue weighted by Crippen LogP contribution is -2.37. The second-order valence-electron chi connectivity index (χ2n) is 7.75. The Hall–Kier alpha value is -3.40. The predicted octanol–water partition coefficient (Wildman–Crippen LogP) is 4.65. The number of aryl methyl sites for hydroxylation is 1. The maximum atomic E-state index is 13.0. The quantitative estimate of drug-likeness (QED) is 0.644. The van der Waals surface area contributed by atoms with E-state index in [2.05, 4.69) is 12.1 Å². The third-order valence-corrected chi connectivity index (χ3v) is 5.61. The highest BCUT2D eigenvalue weighted by Crippen LogP contribution is 2.20. The van der Waals surface area contributed by atoms with Crippen molar-refractivity contribution in [2.24, 2.45) is 0 Å². The van der Waals surface area contributed by atoms with Crippen LogP contribution in [0.2, 0.25) is 0 Å². The van der Waals surface area contributed by atoms with Gasteiger partial charge in [0, 0.05) is 37.3 Å². The molecule has 0 radical (unpaired) electrons. The zero-order valence-corrected chi connectivity index (χ0v) is 17.3. The molecule has 0 N–H and O–H groups in total. The molecule has 0 aromatic heterocycles. The second-order valence-corrected chi connectivity index (χ2v) is 7.75. The molecule has 0 unspecified atom stereocenters. The van der Waals surface area contributed by atoms with Crippen LogP contribution in [0.5, 0.6) is 0 Å². The molecule has 4 rings (SSSR count). The molecule has 1 heterocycles. The van der Waals surface area contributed by atoms with E-state index in [0.29, 0.717) is 37.3 Å². The molecular formula is C26H26N2O2. The van der Waals surface area contributed by atoms with Gasteiger partial charge in [0.25, 0.3) is 11.8 Å². The summed E-state index contributed by atoms with van der Waals surface area (Å²) in [4.78, 5) is 29.5. The molecule has 4 nitrogen and oxygen atoms in total. The highest BCUT2D eigenvalue weighted by Gasteiger charge is 2.23. The number of carbonyl (C=O) groups is 2. The molecule has 0 spiro atoms. The Morgan fingerprint density at radius 3 is 1.60 bits per heavy atom. The first-order valence-corrected chi connectivity index (χ1v) is 10.4. The summed E-state index contributed by atoms with van der Waals surface area (Å²) < 4.78 is 0. The van der Waals surface area contributed by atoms with Crippen molar-refractivity contribution in [1.82, 2.24) is 9.80 Å². The molecule has 3 aromatic carbocycles. The van der Waals surface area contributed by atoms with Gasteiger partial charge in [-0.15, -0.1) is 0 Å². The first-order valence-electron chi connectivity index (χ1n) is 10.4. The van der Waals surface area contributed by atoms with Gasteiger partial charge in [-0.1, -0.05) is 60.2 Å². The van der Waals surface area contributed by atoms with Gasteiger partial charge in [-0.2, -0.15) is 0 Å². The molecule has 2 amide bonds. The number of rotatable bonds is 3. The van der Waals surface area contributed by atoms with E-state index in [9.17, 15) is 9.59 Å². The maximum Gasteiger partial charge on any atom is 0.253 e. The predicted molar refractivity (Wildman–Crippen MR) is 119 cm³/mol. The molecule has 1 saturated heterocycles. The Labute approximate surface area is 177 Å². The van der Waals surface area contributed by atoms with Gasteiger partial charge in [0.05, 0.1) is 0 Å². The van der Waals surface area contributed by atoms with E-state index in [-0.39, 0.29) is 11.8 Å². The zero-order chi connectivity index (χ0) is 20.9.